The fraction of sp³-hybridized carbons (Fsp3) is 0.667. The van der Waals surface area contributed by atoms with Gasteiger partial charge in [-0.3, -0.25) is 0 Å². The van der Waals surface area contributed by atoms with E-state index in [1.807, 2.05) is 0 Å². The third kappa shape index (κ3) is 5.66. The van der Waals surface area contributed by atoms with Crippen molar-refractivity contribution < 1.29 is 9.47 Å². The molecule has 0 atom stereocenters. The van der Waals surface area contributed by atoms with Gasteiger partial charge in [-0.1, -0.05) is 6.92 Å². The number of hydrogen-bond donors (Lipinski definition) is 1. The second-order valence-corrected chi connectivity index (χ2v) is 7.19. The third-order valence-electron chi connectivity index (χ3n) is 4.34. The number of likely N-dealkylation sites (tertiary alicyclic amines) is 1. The molecule has 0 spiro atoms. The van der Waals surface area contributed by atoms with Crippen molar-refractivity contribution in [3.8, 4) is 11.5 Å². The lowest BCUT2D eigenvalue weighted by atomic mass is 9.97. The highest BCUT2D eigenvalue weighted by Crippen LogP contribution is 2.36. The molecule has 0 aliphatic carbocycles. The van der Waals surface area contributed by atoms with E-state index < -0.39 is 0 Å². The summed E-state index contributed by atoms with van der Waals surface area (Å²) in [6.45, 7) is 7.17. The van der Waals surface area contributed by atoms with Gasteiger partial charge in [0.05, 0.1) is 18.2 Å². The Bertz CT molecular complexity index is 488. The number of ether oxygens (including phenoxy) is 2. The van der Waals surface area contributed by atoms with Crippen LogP contribution in [0, 0.1) is 5.92 Å². The van der Waals surface area contributed by atoms with Crippen molar-refractivity contribution in [1.82, 2.24) is 10.2 Å². The van der Waals surface area contributed by atoms with Gasteiger partial charge < -0.3 is 19.7 Å². The normalized spacial score (nSPS) is 16.5. The number of halogens is 1. The molecule has 2 rings (SSSR count). The summed E-state index contributed by atoms with van der Waals surface area (Å²) >= 11 is 3.61. The minimum absolute atomic E-state index is 0.697. The molecule has 0 saturated carbocycles. The SMILES string of the molecule is CCCOc1c(Br)cc(CNCC2CCN(C)CC2)cc1OC. The molecule has 1 aliphatic heterocycles. The van der Waals surface area contributed by atoms with Gasteiger partial charge in [0.15, 0.2) is 11.5 Å². The molecule has 1 aromatic rings. The Morgan fingerprint density at radius 2 is 2.04 bits per heavy atom. The van der Waals surface area contributed by atoms with Crippen LogP contribution in [0.15, 0.2) is 16.6 Å². The van der Waals surface area contributed by atoms with Gasteiger partial charge in [0.1, 0.15) is 0 Å². The van der Waals surface area contributed by atoms with E-state index in [4.69, 9.17) is 9.47 Å². The zero-order valence-electron chi connectivity index (χ0n) is 14.5. The fourth-order valence-corrected chi connectivity index (χ4v) is 3.51. The second-order valence-electron chi connectivity index (χ2n) is 6.34. The summed E-state index contributed by atoms with van der Waals surface area (Å²) in [5, 5.41) is 3.59. The number of benzene rings is 1. The van der Waals surface area contributed by atoms with E-state index in [1.165, 1.54) is 31.5 Å². The number of rotatable bonds is 8. The summed E-state index contributed by atoms with van der Waals surface area (Å²) in [6.07, 6.45) is 3.57. The number of nitrogens with one attached hydrogen (secondary N) is 1. The fourth-order valence-electron chi connectivity index (χ4n) is 2.91. The van der Waals surface area contributed by atoms with Crippen molar-refractivity contribution in [2.75, 3.05) is 40.4 Å². The monoisotopic (exact) mass is 384 g/mol. The molecule has 0 aromatic heterocycles. The molecular weight excluding hydrogens is 356 g/mol. The van der Waals surface area contributed by atoms with Crippen molar-refractivity contribution in [2.24, 2.45) is 5.92 Å². The first kappa shape index (κ1) is 18.6. The summed E-state index contributed by atoms with van der Waals surface area (Å²) in [4.78, 5) is 2.41. The van der Waals surface area contributed by atoms with Gasteiger partial charge in [0.25, 0.3) is 0 Å². The predicted molar refractivity (Wildman–Crippen MR) is 98.4 cm³/mol. The molecular formula is C18H29BrN2O2. The van der Waals surface area contributed by atoms with E-state index in [9.17, 15) is 0 Å². The summed E-state index contributed by atoms with van der Waals surface area (Å²) in [5.41, 5.74) is 1.21. The number of hydrogen-bond acceptors (Lipinski definition) is 4. The lowest BCUT2D eigenvalue weighted by Gasteiger charge is -2.29. The van der Waals surface area contributed by atoms with Crippen LogP contribution < -0.4 is 14.8 Å². The molecule has 0 bridgehead atoms. The van der Waals surface area contributed by atoms with E-state index >= 15 is 0 Å². The van der Waals surface area contributed by atoms with Gasteiger partial charge in [-0.15, -0.1) is 0 Å². The Kier molecular flexibility index (Phi) is 7.66. The van der Waals surface area contributed by atoms with Crippen LogP contribution >= 0.6 is 15.9 Å². The van der Waals surface area contributed by atoms with E-state index in [0.717, 1.165) is 41.4 Å². The highest BCUT2D eigenvalue weighted by Gasteiger charge is 2.16. The van der Waals surface area contributed by atoms with Gasteiger partial charge in [-0.25, -0.2) is 0 Å². The maximum Gasteiger partial charge on any atom is 0.175 e. The Hall–Kier alpha value is -0.780. The van der Waals surface area contributed by atoms with Crippen molar-refractivity contribution in [2.45, 2.75) is 32.7 Å². The van der Waals surface area contributed by atoms with Crippen LogP contribution in [0.25, 0.3) is 0 Å². The molecule has 1 aromatic carbocycles. The first-order chi connectivity index (χ1) is 11.1. The quantitative estimate of drug-likeness (QED) is 0.740. The van der Waals surface area contributed by atoms with Gasteiger partial charge in [-0.05, 0) is 85.5 Å². The zero-order valence-corrected chi connectivity index (χ0v) is 16.1. The van der Waals surface area contributed by atoms with Crippen LogP contribution in [0.4, 0.5) is 0 Å². The van der Waals surface area contributed by atoms with Crippen molar-refractivity contribution in [3.05, 3.63) is 22.2 Å². The number of methoxy groups -OCH3 is 1. The molecule has 4 nitrogen and oxygen atoms in total. The molecule has 1 aliphatic rings. The first-order valence-electron chi connectivity index (χ1n) is 8.52. The van der Waals surface area contributed by atoms with Crippen molar-refractivity contribution >= 4 is 15.9 Å². The van der Waals surface area contributed by atoms with Gasteiger partial charge in [0, 0.05) is 6.54 Å². The Morgan fingerprint density at radius 3 is 2.70 bits per heavy atom. The Morgan fingerprint density at radius 1 is 1.30 bits per heavy atom. The number of nitrogens with zero attached hydrogens (tertiary/aromatic N) is 1. The predicted octanol–water partition coefficient (Wildman–Crippen LogP) is 3.68. The molecule has 23 heavy (non-hydrogen) atoms. The van der Waals surface area contributed by atoms with Crippen LogP contribution in [0.2, 0.25) is 0 Å². The van der Waals surface area contributed by atoms with E-state index in [2.05, 4.69) is 52.3 Å². The lowest BCUT2D eigenvalue weighted by molar-refractivity contribution is 0.216. The van der Waals surface area contributed by atoms with Gasteiger partial charge in [-0.2, -0.15) is 0 Å². The van der Waals surface area contributed by atoms with Crippen LogP contribution in [0.1, 0.15) is 31.7 Å². The van der Waals surface area contributed by atoms with Crippen molar-refractivity contribution in [3.63, 3.8) is 0 Å². The zero-order chi connectivity index (χ0) is 16.7. The first-order valence-corrected chi connectivity index (χ1v) is 9.31. The highest BCUT2D eigenvalue weighted by atomic mass is 79.9. The third-order valence-corrected chi connectivity index (χ3v) is 4.93. The summed E-state index contributed by atoms with van der Waals surface area (Å²) in [5.74, 6) is 2.39. The number of piperidine rings is 1. The molecule has 1 fully saturated rings. The summed E-state index contributed by atoms with van der Waals surface area (Å²) in [7, 11) is 3.89. The smallest absolute Gasteiger partial charge is 0.175 e. The molecule has 0 amide bonds. The molecule has 1 heterocycles. The van der Waals surface area contributed by atoms with E-state index in [1.54, 1.807) is 7.11 Å². The standard InChI is InChI=1S/C18H29BrN2O2/c1-4-9-23-18-16(19)10-15(11-17(18)22-3)13-20-12-14-5-7-21(2)8-6-14/h10-11,14,20H,4-9,12-13H2,1-3H3. The maximum absolute atomic E-state index is 5.78. The minimum Gasteiger partial charge on any atom is -0.493 e. The molecule has 1 N–H and O–H groups in total. The maximum atomic E-state index is 5.78. The topological polar surface area (TPSA) is 33.7 Å². The largest absolute Gasteiger partial charge is 0.493 e. The summed E-state index contributed by atoms with van der Waals surface area (Å²) < 4.78 is 12.2. The molecule has 130 valence electrons. The lowest BCUT2D eigenvalue weighted by Crippen LogP contribution is -2.34. The average Bonchev–Trinajstić information content (AvgIpc) is 2.55. The van der Waals surface area contributed by atoms with Crippen LogP contribution in [0.5, 0.6) is 11.5 Å². The van der Waals surface area contributed by atoms with E-state index in [0.29, 0.717) is 6.61 Å². The Labute approximate surface area is 148 Å². The van der Waals surface area contributed by atoms with Crippen LogP contribution in [-0.4, -0.2) is 45.3 Å². The van der Waals surface area contributed by atoms with Crippen LogP contribution in [-0.2, 0) is 6.54 Å². The van der Waals surface area contributed by atoms with Crippen LogP contribution in [0.3, 0.4) is 0 Å². The highest BCUT2D eigenvalue weighted by molar-refractivity contribution is 9.10. The minimum atomic E-state index is 0.697. The van der Waals surface area contributed by atoms with Gasteiger partial charge in [0.2, 0.25) is 0 Å². The molecule has 1 saturated heterocycles. The molecule has 0 radical (unpaired) electrons. The average molecular weight is 385 g/mol. The molecule has 5 heteroatoms. The Balaban J connectivity index is 1.88. The second kappa shape index (κ2) is 9.50. The molecule has 0 unspecified atom stereocenters. The summed E-state index contributed by atoms with van der Waals surface area (Å²) in [6, 6.07) is 4.19. The van der Waals surface area contributed by atoms with Gasteiger partial charge >= 0.3 is 0 Å². The van der Waals surface area contributed by atoms with Crippen molar-refractivity contribution in [1.29, 1.82) is 0 Å². The van der Waals surface area contributed by atoms with E-state index in [-0.39, 0.29) is 0 Å².